The molecule has 2 aliphatic rings. The van der Waals surface area contributed by atoms with E-state index in [4.69, 9.17) is 40.9 Å². The van der Waals surface area contributed by atoms with Gasteiger partial charge in [-0.1, -0.05) is 24.8 Å². The van der Waals surface area contributed by atoms with Crippen molar-refractivity contribution in [3.63, 3.8) is 0 Å². The third-order valence-electron chi connectivity index (χ3n) is 2.99. The molecule has 1 N–H and O–H groups in total. The highest BCUT2D eigenvalue weighted by Crippen LogP contribution is 2.30. The SMILES string of the molecule is CC.[B]c1cc2c(cc1[B])OC(C1=NCC([B])([B])N1)CO2. The van der Waals surface area contributed by atoms with Crippen LogP contribution in [0, 0.1) is 0 Å². The summed E-state index contributed by atoms with van der Waals surface area (Å²) in [6, 6.07) is 3.27. The van der Waals surface area contributed by atoms with Gasteiger partial charge in [-0.3, -0.25) is 4.99 Å². The molecule has 2 aliphatic heterocycles. The molecule has 1 unspecified atom stereocenters. The van der Waals surface area contributed by atoms with Crippen molar-refractivity contribution in [2.24, 2.45) is 4.99 Å². The molecule has 0 aromatic heterocycles. The highest BCUT2D eigenvalue weighted by atomic mass is 16.6. The molecule has 100 valence electrons. The molecular formula is C13H14B4N2O2. The predicted octanol–water partition coefficient (Wildman–Crippen LogP) is -1.57. The molecule has 0 amide bonds. The maximum atomic E-state index is 5.78. The highest BCUT2D eigenvalue weighted by Gasteiger charge is 2.32. The molecule has 1 aromatic rings. The lowest BCUT2D eigenvalue weighted by molar-refractivity contribution is 0.133. The van der Waals surface area contributed by atoms with Crippen molar-refractivity contribution in [2.45, 2.75) is 25.3 Å². The fourth-order valence-electron chi connectivity index (χ4n) is 2.00. The Kier molecular flexibility index (Phi) is 4.64. The van der Waals surface area contributed by atoms with E-state index in [0.29, 0.717) is 41.4 Å². The van der Waals surface area contributed by atoms with E-state index in [1.165, 1.54) is 0 Å². The Morgan fingerprint density at radius 3 is 2.38 bits per heavy atom. The number of hydrogen-bond donors (Lipinski definition) is 1. The van der Waals surface area contributed by atoms with Crippen LogP contribution in [0.5, 0.6) is 11.5 Å². The lowest BCUT2D eigenvalue weighted by Crippen LogP contribution is -2.52. The second-order valence-corrected chi connectivity index (χ2v) is 4.71. The minimum atomic E-state index is -1.03. The number of fused-ring (bicyclic) bond motifs is 1. The normalized spacial score (nSPS) is 21.6. The molecule has 21 heavy (non-hydrogen) atoms. The summed E-state index contributed by atoms with van der Waals surface area (Å²) in [6.07, 6.45) is -0.385. The molecule has 1 atom stereocenters. The van der Waals surface area contributed by atoms with Gasteiger partial charge in [0, 0.05) is 6.54 Å². The van der Waals surface area contributed by atoms with Crippen LogP contribution in [0.1, 0.15) is 13.8 Å². The molecule has 0 spiro atoms. The van der Waals surface area contributed by atoms with Gasteiger partial charge in [-0.2, -0.15) is 0 Å². The van der Waals surface area contributed by atoms with Crippen molar-refractivity contribution in [3.05, 3.63) is 12.1 Å². The summed E-state index contributed by atoms with van der Waals surface area (Å²) in [5.74, 6) is 1.67. The number of benzene rings is 1. The van der Waals surface area contributed by atoms with Gasteiger partial charge in [0.05, 0.1) is 15.7 Å². The predicted molar refractivity (Wildman–Crippen MR) is 88.2 cm³/mol. The first kappa shape index (κ1) is 15.9. The van der Waals surface area contributed by atoms with Crippen LogP contribution in [0.15, 0.2) is 17.1 Å². The van der Waals surface area contributed by atoms with Crippen molar-refractivity contribution >= 4 is 48.1 Å². The van der Waals surface area contributed by atoms with Crippen LogP contribution in [-0.4, -0.2) is 61.8 Å². The van der Waals surface area contributed by atoms with Gasteiger partial charge in [0.25, 0.3) is 0 Å². The minimum absolute atomic E-state index is 0.291. The van der Waals surface area contributed by atoms with Gasteiger partial charge in [-0.15, -0.1) is 0 Å². The fraction of sp³-hybridized carbons (Fsp3) is 0.462. The number of nitrogens with zero attached hydrogens (tertiary/aromatic N) is 1. The van der Waals surface area contributed by atoms with E-state index < -0.39 is 5.34 Å². The highest BCUT2D eigenvalue weighted by molar-refractivity contribution is 6.48. The molecule has 8 radical (unpaired) electrons. The van der Waals surface area contributed by atoms with Crippen molar-refractivity contribution in [1.29, 1.82) is 0 Å². The van der Waals surface area contributed by atoms with Crippen LogP contribution in [0.3, 0.4) is 0 Å². The minimum Gasteiger partial charge on any atom is -0.485 e. The zero-order chi connectivity index (χ0) is 15.6. The molecular weight excluding hydrogens is 259 g/mol. The number of ether oxygens (including phenoxy) is 2. The zero-order valence-corrected chi connectivity index (χ0v) is 12.2. The molecule has 0 bridgehead atoms. The molecule has 0 saturated heterocycles. The van der Waals surface area contributed by atoms with E-state index in [2.05, 4.69) is 10.3 Å². The second kappa shape index (κ2) is 6.12. The van der Waals surface area contributed by atoms with E-state index >= 15 is 0 Å². The first-order chi connectivity index (χ1) is 9.94. The Hall–Kier alpha value is -1.45. The molecule has 8 heteroatoms. The second-order valence-electron chi connectivity index (χ2n) is 4.71. The number of hydrogen-bond acceptors (Lipinski definition) is 4. The van der Waals surface area contributed by atoms with Crippen LogP contribution >= 0.6 is 0 Å². The summed E-state index contributed by atoms with van der Waals surface area (Å²) in [5.41, 5.74) is 0.899. The summed E-state index contributed by atoms with van der Waals surface area (Å²) < 4.78 is 11.4. The smallest absolute Gasteiger partial charge is 0.189 e. The molecule has 0 aliphatic carbocycles. The van der Waals surface area contributed by atoms with Crippen LogP contribution in [-0.2, 0) is 0 Å². The summed E-state index contributed by atoms with van der Waals surface area (Å²) in [4.78, 5) is 4.22. The van der Waals surface area contributed by atoms with Gasteiger partial charge in [0.15, 0.2) is 17.6 Å². The van der Waals surface area contributed by atoms with Crippen LogP contribution < -0.4 is 25.7 Å². The lowest BCUT2D eigenvalue weighted by atomic mass is 9.62. The Morgan fingerprint density at radius 2 is 1.81 bits per heavy atom. The van der Waals surface area contributed by atoms with Gasteiger partial charge in [0.1, 0.15) is 28.1 Å². The summed E-state index contributed by atoms with van der Waals surface area (Å²) in [5, 5.41) is 1.87. The van der Waals surface area contributed by atoms with Gasteiger partial charge in [0.2, 0.25) is 0 Å². The first-order valence-corrected chi connectivity index (χ1v) is 6.83. The Labute approximate surface area is 130 Å². The van der Waals surface area contributed by atoms with Gasteiger partial charge >= 0.3 is 0 Å². The fourth-order valence-corrected chi connectivity index (χ4v) is 2.00. The van der Waals surface area contributed by atoms with E-state index in [0.717, 1.165) is 0 Å². The van der Waals surface area contributed by atoms with Gasteiger partial charge in [-0.05, 0) is 17.5 Å². The third kappa shape index (κ3) is 3.42. The molecule has 2 heterocycles. The first-order valence-electron chi connectivity index (χ1n) is 6.83. The average Bonchev–Trinajstić information content (AvgIpc) is 2.82. The Morgan fingerprint density at radius 1 is 1.19 bits per heavy atom. The average molecular weight is 274 g/mol. The zero-order valence-electron chi connectivity index (χ0n) is 12.2. The quantitative estimate of drug-likeness (QED) is 0.629. The largest absolute Gasteiger partial charge is 0.485 e. The number of nitrogens with one attached hydrogen (secondary N) is 1. The topological polar surface area (TPSA) is 42.8 Å². The molecule has 3 rings (SSSR count). The van der Waals surface area contributed by atoms with Crippen molar-refractivity contribution in [3.8, 4) is 11.5 Å². The van der Waals surface area contributed by atoms with E-state index in [1.807, 2.05) is 13.8 Å². The van der Waals surface area contributed by atoms with Crippen LogP contribution in [0.25, 0.3) is 0 Å². The summed E-state index contributed by atoms with van der Waals surface area (Å²) in [6.45, 7) is 4.59. The maximum Gasteiger partial charge on any atom is 0.189 e. The molecule has 1 aromatic carbocycles. The molecule has 4 nitrogen and oxygen atoms in total. The summed E-state index contributed by atoms with van der Waals surface area (Å²) in [7, 11) is 22.9. The number of aliphatic imine (C=N–C) groups is 1. The number of amidine groups is 1. The maximum absolute atomic E-state index is 5.78. The molecule has 0 fully saturated rings. The molecule has 0 saturated carbocycles. The Balaban J connectivity index is 0.000000774. The lowest BCUT2D eigenvalue weighted by Gasteiger charge is -2.29. The van der Waals surface area contributed by atoms with Crippen molar-refractivity contribution in [2.75, 3.05) is 13.2 Å². The van der Waals surface area contributed by atoms with Gasteiger partial charge < -0.3 is 14.8 Å². The van der Waals surface area contributed by atoms with Crippen molar-refractivity contribution < 1.29 is 9.47 Å². The standard InChI is InChI=1S/C11H8B4N2O2.C2H6/c12-5-1-7-8(2-6(5)13)19-9(3-18-7)10-16-4-11(14,15)17-10;1-2/h1-2,9H,3-4H2,(H,16,17);1-2H3. The van der Waals surface area contributed by atoms with E-state index in [-0.39, 0.29) is 6.10 Å². The van der Waals surface area contributed by atoms with E-state index in [1.54, 1.807) is 12.1 Å². The Bertz CT molecular complexity index is 563. The summed E-state index contributed by atoms with van der Waals surface area (Å²) >= 11 is 0. The van der Waals surface area contributed by atoms with Crippen molar-refractivity contribution in [1.82, 2.24) is 5.32 Å². The van der Waals surface area contributed by atoms with Crippen LogP contribution in [0.4, 0.5) is 0 Å². The monoisotopic (exact) mass is 274 g/mol. The van der Waals surface area contributed by atoms with Gasteiger partial charge in [-0.25, -0.2) is 0 Å². The third-order valence-corrected chi connectivity index (χ3v) is 2.99. The van der Waals surface area contributed by atoms with E-state index in [9.17, 15) is 0 Å². The van der Waals surface area contributed by atoms with Crippen LogP contribution in [0.2, 0.25) is 0 Å². The number of rotatable bonds is 1.